The number of ether oxygens (including phenoxy) is 1. The second kappa shape index (κ2) is 11.9. The molecule has 2 amide bonds. The van der Waals surface area contributed by atoms with Crippen molar-refractivity contribution >= 4 is 23.0 Å². The van der Waals surface area contributed by atoms with Crippen LogP contribution in [-0.2, 0) is 15.5 Å². The van der Waals surface area contributed by atoms with E-state index in [4.69, 9.17) is 9.72 Å². The molecule has 278 valence electrons. The molecular formula is C42H43F2N7O3. The summed E-state index contributed by atoms with van der Waals surface area (Å²) in [4.78, 5) is 44.5. The van der Waals surface area contributed by atoms with Crippen LogP contribution in [0.2, 0.25) is 0 Å². The SMILES string of the molecule is COC(=O)NC(C(=O)N1C2CCC(C2)C1c1nc2ccc(-c3ccc4c(c3)C(F)(F)c3cc(-c5cnc(C6CC7(CC7)CN6)[nH]5)ccc3-4)cc2[nH]1)C(C)C. The maximum absolute atomic E-state index is 16.4. The van der Waals surface area contributed by atoms with Gasteiger partial charge in [0, 0.05) is 29.3 Å². The van der Waals surface area contributed by atoms with E-state index >= 15 is 8.78 Å². The number of imidazole rings is 2. The molecule has 10 nitrogen and oxygen atoms in total. The van der Waals surface area contributed by atoms with Crippen LogP contribution in [0.4, 0.5) is 13.6 Å². The Bertz CT molecular complexity index is 2340. The van der Waals surface area contributed by atoms with Crippen LogP contribution in [-0.4, -0.2) is 62.6 Å². The average Bonchev–Trinajstić information content (AvgIpc) is 3.83. The molecule has 5 aromatic rings. The number of hydrogen-bond acceptors (Lipinski definition) is 6. The number of H-pyrrole nitrogens is 2. The third-order valence-corrected chi connectivity index (χ3v) is 12.9. The summed E-state index contributed by atoms with van der Waals surface area (Å²) in [6.45, 7) is 4.82. The summed E-state index contributed by atoms with van der Waals surface area (Å²) in [6, 6.07) is 15.6. The molecule has 2 bridgehead atoms. The van der Waals surface area contributed by atoms with E-state index in [1.54, 1.807) is 30.5 Å². The molecule has 5 atom stereocenters. The van der Waals surface area contributed by atoms with Gasteiger partial charge < -0.3 is 30.2 Å². The molecule has 0 radical (unpaired) electrons. The first-order chi connectivity index (χ1) is 26.0. The number of alkyl carbamates (subject to hydrolysis) is 1. The van der Waals surface area contributed by atoms with E-state index in [9.17, 15) is 9.59 Å². The number of amides is 2. The fourth-order valence-corrected chi connectivity index (χ4v) is 9.76. The molecule has 1 spiro atoms. The molecule has 4 heterocycles. The Morgan fingerprint density at radius 1 is 0.944 bits per heavy atom. The third-order valence-electron chi connectivity index (χ3n) is 12.9. The highest BCUT2D eigenvalue weighted by molar-refractivity contribution is 5.88. The molecular weight excluding hydrogens is 689 g/mol. The third kappa shape index (κ3) is 5.20. The van der Waals surface area contributed by atoms with Gasteiger partial charge in [-0.05, 0) is 102 Å². The van der Waals surface area contributed by atoms with Crippen LogP contribution in [0.15, 0.2) is 60.8 Å². The second-order valence-corrected chi connectivity index (χ2v) is 16.5. The second-order valence-electron chi connectivity index (χ2n) is 16.5. The molecule has 2 aromatic heterocycles. The predicted molar refractivity (Wildman–Crippen MR) is 199 cm³/mol. The highest BCUT2D eigenvalue weighted by atomic mass is 19.3. The van der Waals surface area contributed by atoms with Crippen LogP contribution < -0.4 is 10.6 Å². The molecule has 5 aliphatic rings. The van der Waals surface area contributed by atoms with Crippen molar-refractivity contribution in [1.82, 2.24) is 35.5 Å². The van der Waals surface area contributed by atoms with Crippen LogP contribution in [0.1, 0.15) is 87.2 Å². The molecule has 5 unspecified atom stereocenters. The van der Waals surface area contributed by atoms with Gasteiger partial charge in [-0.25, -0.2) is 14.8 Å². The number of alkyl halides is 2. The van der Waals surface area contributed by atoms with Crippen molar-refractivity contribution in [2.45, 2.75) is 82.5 Å². The number of piperidine rings is 1. The average molecular weight is 732 g/mol. The Morgan fingerprint density at radius 3 is 2.39 bits per heavy atom. The number of carbonyl (C=O) groups is 2. The highest BCUT2D eigenvalue weighted by Gasteiger charge is 2.52. The normalized spacial score (nSPS) is 24.7. The number of benzene rings is 3. The van der Waals surface area contributed by atoms with Gasteiger partial charge in [0.1, 0.15) is 17.7 Å². The quantitative estimate of drug-likeness (QED) is 0.134. The summed E-state index contributed by atoms with van der Waals surface area (Å²) in [7, 11) is 1.29. The lowest BCUT2D eigenvalue weighted by Gasteiger charge is -2.37. The lowest BCUT2D eigenvalue weighted by molar-refractivity contribution is -0.139. The fourth-order valence-electron chi connectivity index (χ4n) is 9.76. The number of carbonyl (C=O) groups excluding carboxylic acids is 2. The van der Waals surface area contributed by atoms with Gasteiger partial charge in [0.15, 0.2) is 0 Å². The van der Waals surface area contributed by atoms with Gasteiger partial charge in [0.2, 0.25) is 5.91 Å². The predicted octanol–water partition coefficient (Wildman–Crippen LogP) is 7.99. The molecule has 2 saturated heterocycles. The molecule has 4 fully saturated rings. The van der Waals surface area contributed by atoms with E-state index in [0.29, 0.717) is 33.5 Å². The number of likely N-dealkylation sites (tertiary alicyclic amines) is 1. The minimum atomic E-state index is -3.18. The Hall–Kier alpha value is -5.10. The first-order valence-corrected chi connectivity index (χ1v) is 19.1. The summed E-state index contributed by atoms with van der Waals surface area (Å²) in [5, 5.41) is 6.31. The van der Waals surface area contributed by atoms with Gasteiger partial charge >= 0.3 is 6.09 Å². The highest BCUT2D eigenvalue weighted by Crippen LogP contribution is 2.55. The zero-order valence-electron chi connectivity index (χ0n) is 30.5. The first-order valence-electron chi connectivity index (χ1n) is 19.1. The zero-order chi connectivity index (χ0) is 37.1. The molecule has 2 saturated carbocycles. The number of rotatable bonds is 7. The van der Waals surface area contributed by atoms with Crippen molar-refractivity contribution < 1.29 is 23.1 Å². The number of aromatic nitrogens is 4. The zero-order valence-corrected chi connectivity index (χ0v) is 30.5. The van der Waals surface area contributed by atoms with Crippen LogP contribution >= 0.6 is 0 Å². The Labute approximate surface area is 311 Å². The maximum atomic E-state index is 16.4. The first kappa shape index (κ1) is 33.5. The minimum absolute atomic E-state index is 0.000609. The van der Waals surface area contributed by atoms with E-state index in [1.165, 1.54) is 20.0 Å². The number of hydrogen-bond donors (Lipinski definition) is 4. The molecule has 10 rings (SSSR count). The summed E-state index contributed by atoms with van der Waals surface area (Å²) in [6.07, 6.45) is 7.49. The lowest BCUT2D eigenvalue weighted by Crippen LogP contribution is -2.54. The summed E-state index contributed by atoms with van der Waals surface area (Å²) < 4.78 is 37.5. The number of methoxy groups -OCH3 is 1. The topological polar surface area (TPSA) is 128 Å². The molecule has 2 aliphatic heterocycles. The van der Waals surface area contributed by atoms with Gasteiger partial charge in [-0.2, -0.15) is 8.78 Å². The smallest absolute Gasteiger partial charge is 0.407 e. The number of nitrogens with zero attached hydrogens (tertiary/aromatic N) is 3. The lowest BCUT2D eigenvalue weighted by atomic mass is 9.95. The van der Waals surface area contributed by atoms with E-state index in [2.05, 4.69) is 25.6 Å². The van der Waals surface area contributed by atoms with E-state index in [0.717, 1.165) is 60.3 Å². The number of halogens is 2. The van der Waals surface area contributed by atoms with Crippen LogP contribution in [0.25, 0.3) is 44.5 Å². The van der Waals surface area contributed by atoms with Crippen LogP contribution in [0.5, 0.6) is 0 Å². The van der Waals surface area contributed by atoms with Crippen LogP contribution in [0.3, 0.4) is 0 Å². The monoisotopic (exact) mass is 731 g/mol. The molecule has 4 N–H and O–H groups in total. The molecule has 3 aliphatic carbocycles. The van der Waals surface area contributed by atoms with Gasteiger partial charge in [0.25, 0.3) is 5.92 Å². The Kier molecular flexibility index (Phi) is 7.41. The fraction of sp³-hybridized carbons (Fsp3) is 0.429. The number of nitrogens with one attached hydrogen (secondary N) is 4. The molecule has 12 heteroatoms. The van der Waals surface area contributed by atoms with Crippen molar-refractivity contribution in [2.24, 2.45) is 17.3 Å². The van der Waals surface area contributed by atoms with Crippen molar-refractivity contribution in [3.63, 3.8) is 0 Å². The summed E-state index contributed by atoms with van der Waals surface area (Å²) >= 11 is 0. The summed E-state index contributed by atoms with van der Waals surface area (Å²) in [5.41, 5.74) is 5.89. The van der Waals surface area contributed by atoms with Gasteiger partial charge in [-0.3, -0.25) is 4.79 Å². The van der Waals surface area contributed by atoms with Gasteiger partial charge in [0.05, 0.1) is 42.1 Å². The maximum Gasteiger partial charge on any atom is 0.407 e. The molecule has 54 heavy (non-hydrogen) atoms. The largest absolute Gasteiger partial charge is 0.453 e. The Morgan fingerprint density at radius 2 is 1.67 bits per heavy atom. The number of fused-ring (bicyclic) bond motifs is 6. The van der Waals surface area contributed by atoms with Crippen molar-refractivity contribution in [3.05, 3.63) is 83.6 Å². The standard InChI is InChI=1S/C42H43F2N7O3/c1-21(2)35(50-40(53)54-3)39(52)51-26-8-4-25(14-26)36(51)38-47-31-11-7-23(17-32(31)48-38)22-5-9-27-28-10-6-24(16-30(28)42(43,44)29(27)15-22)34-19-45-37(49-34)33-18-41(12-13-41)20-46-33/h5-7,9-11,15-17,19,21,25-26,33,35-36,46H,4,8,12-14,18,20H2,1-3H3,(H,45,49)(H,47,48)(H,50,53). The summed E-state index contributed by atoms with van der Waals surface area (Å²) in [5.74, 6) is -1.63. The minimum Gasteiger partial charge on any atom is -0.453 e. The number of aromatic amines is 2. The van der Waals surface area contributed by atoms with E-state index in [1.807, 2.05) is 49.1 Å². The van der Waals surface area contributed by atoms with Crippen LogP contribution in [0, 0.1) is 17.3 Å². The van der Waals surface area contributed by atoms with Crippen molar-refractivity contribution in [2.75, 3.05) is 13.7 Å². The molecule has 3 aromatic carbocycles. The van der Waals surface area contributed by atoms with Gasteiger partial charge in [-0.1, -0.05) is 44.2 Å². The van der Waals surface area contributed by atoms with Crippen molar-refractivity contribution in [1.29, 1.82) is 0 Å². The van der Waals surface area contributed by atoms with E-state index in [-0.39, 0.29) is 47.0 Å². The van der Waals surface area contributed by atoms with E-state index < -0.39 is 18.1 Å². The van der Waals surface area contributed by atoms with Gasteiger partial charge in [-0.15, -0.1) is 0 Å². The Balaban J connectivity index is 0.921. The van der Waals surface area contributed by atoms with Crippen molar-refractivity contribution in [3.8, 4) is 33.5 Å².